The fourth-order valence-electron chi connectivity index (χ4n) is 2.08. The Hall–Kier alpha value is -4.00. The Morgan fingerprint density at radius 1 is 1.33 bits per heavy atom. The van der Waals surface area contributed by atoms with Gasteiger partial charge in [-0.05, 0) is 31.2 Å². The molecule has 27 heavy (non-hydrogen) atoms. The van der Waals surface area contributed by atoms with Crippen LogP contribution in [-0.2, 0) is 9.53 Å². The molecule has 3 N–H and O–H groups in total. The van der Waals surface area contributed by atoms with Crippen LogP contribution in [0.3, 0.4) is 0 Å². The van der Waals surface area contributed by atoms with Crippen molar-refractivity contribution in [3.63, 3.8) is 0 Å². The normalized spacial score (nSPS) is 11.1. The highest BCUT2D eigenvalue weighted by molar-refractivity contribution is 6.00. The quantitative estimate of drug-likeness (QED) is 0.354. The van der Waals surface area contributed by atoms with Gasteiger partial charge in [0.25, 0.3) is 11.6 Å². The maximum atomic E-state index is 13.0. The fraction of sp³-hybridized carbons (Fsp3) is 0.118. The number of carbonyl (C=O) groups excluding carboxylic acids is 2. The number of non-ortho nitro benzene ring substituents is 1. The van der Waals surface area contributed by atoms with Crippen molar-refractivity contribution in [2.45, 2.75) is 13.0 Å². The summed E-state index contributed by atoms with van der Waals surface area (Å²) in [6.45, 7) is 1.28. The topological polar surface area (TPSA) is 148 Å². The predicted octanol–water partition coefficient (Wildman–Crippen LogP) is 2.37. The van der Waals surface area contributed by atoms with E-state index in [1.165, 1.54) is 13.0 Å². The van der Waals surface area contributed by atoms with Crippen LogP contribution in [-0.4, -0.2) is 22.9 Å². The van der Waals surface area contributed by atoms with Crippen molar-refractivity contribution in [1.29, 1.82) is 5.26 Å². The molecule has 2 aromatic rings. The Balaban J connectivity index is 2.11. The number of nitrogen functional groups attached to an aromatic ring is 1. The third-order valence-electron chi connectivity index (χ3n) is 3.48. The number of nitriles is 1. The molecule has 0 radical (unpaired) electrons. The summed E-state index contributed by atoms with van der Waals surface area (Å²) in [7, 11) is 0. The number of amides is 1. The maximum Gasteiger partial charge on any atom is 0.341 e. The van der Waals surface area contributed by atoms with Crippen LogP contribution in [0.2, 0.25) is 0 Å². The van der Waals surface area contributed by atoms with E-state index in [9.17, 15) is 24.1 Å². The number of benzene rings is 2. The van der Waals surface area contributed by atoms with Crippen molar-refractivity contribution in [3.05, 3.63) is 63.5 Å². The van der Waals surface area contributed by atoms with Gasteiger partial charge in [0.2, 0.25) is 0 Å². The van der Waals surface area contributed by atoms with E-state index in [0.717, 1.165) is 30.3 Å². The number of nitro groups is 1. The zero-order chi connectivity index (χ0) is 20.1. The van der Waals surface area contributed by atoms with Gasteiger partial charge in [-0.25, -0.2) is 9.18 Å². The summed E-state index contributed by atoms with van der Waals surface area (Å²) in [5.41, 5.74) is 4.88. The van der Waals surface area contributed by atoms with Gasteiger partial charge in [-0.1, -0.05) is 0 Å². The number of rotatable bonds is 5. The van der Waals surface area contributed by atoms with Gasteiger partial charge in [-0.3, -0.25) is 14.9 Å². The lowest BCUT2D eigenvalue weighted by molar-refractivity contribution is -0.384. The van der Waals surface area contributed by atoms with Gasteiger partial charge < -0.3 is 15.8 Å². The van der Waals surface area contributed by atoms with Crippen LogP contribution < -0.4 is 11.1 Å². The van der Waals surface area contributed by atoms with Gasteiger partial charge in [0.1, 0.15) is 11.9 Å². The summed E-state index contributed by atoms with van der Waals surface area (Å²) >= 11 is 0. The molecule has 0 aromatic heterocycles. The van der Waals surface area contributed by atoms with Crippen LogP contribution in [0.5, 0.6) is 0 Å². The number of esters is 1. The third kappa shape index (κ3) is 4.55. The van der Waals surface area contributed by atoms with E-state index in [-0.39, 0.29) is 28.2 Å². The van der Waals surface area contributed by atoms with Crippen molar-refractivity contribution >= 4 is 28.9 Å². The standard InChI is InChI=1S/C17H13FN4O5/c1-9(27-17(24)13-4-2-11(18)7-14(13)20)16(23)21-15-5-3-12(22(25)26)6-10(15)8-19/h2-7,9H,20H2,1H3,(H,21,23). The van der Waals surface area contributed by atoms with E-state index < -0.39 is 28.7 Å². The zero-order valence-corrected chi connectivity index (χ0v) is 13.9. The first-order valence-electron chi connectivity index (χ1n) is 7.48. The van der Waals surface area contributed by atoms with E-state index in [4.69, 9.17) is 15.7 Å². The summed E-state index contributed by atoms with van der Waals surface area (Å²) in [6, 6.07) is 8.14. The first-order chi connectivity index (χ1) is 12.7. The predicted molar refractivity (Wildman–Crippen MR) is 92.1 cm³/mol. The van der Waals surface area contributed by atoms with Gasteiger partial charge in [-0.15, -0.1) is 0 Å². The summed E-state index contributed by atoms with van der Waals surface area (Å²) < 4.78 is 18.0. The van der Waals surface area contributed by atoms with Crippen molar-refractivity contribution in [2.75, 3.05) is 11.1 Å². The van der Waals surface area contributed by atoms with E-state index in [0.29, 0.717) is 0 Å². The molecule has 0 fully saturated rings. The van der Waals surface area contributed by atoms with Crippen LogP contribution in [0.15, 0.2) is 36.4 Å². The number of anilines is 2. The molecular weight excluding hydrogens is 359 g/mol. The third-order valence-corrected chi connectivity index (χ3v) is 3.48. The average molecular weight is 372 g/mol. The van der Waals surface area contributed by atoms with Crippen LogP contribution in [0.4, 0.5) is 21.5 Å². The van der Waals surface area contributed by atoms with Crippen LogP contribution in [0.25, 0.3) is 0 Å². The molecular formula is C17H13FN4O5. The molecule has 1 atom stereocenters. The molecule has 10 heteroatoms. The van der Waals surface area contributed by atoms with E-state index in [2.05, 4.69) is 5.32 Å². The second-order valence-corrected chi connectivity index (χ2v) is 5.37. The summed E-state index contributed by atoms with van der Waals surface area (Å²) in [6.07, 6.45) is -1.27. The molecule has 0 saturated heterocycles. The molecule has 0 saturated carbocycles. The van der Waals surface area contributed by atoms with Crippen molar-refractivity contribution in [2.24, 2.45) is 0 Å². The first kappa shape index (κ1) is 19.3. The van der Waals surface area contributed by atoms with Crippen molar-refractivity contribution in [1.82, 2.24) is 0 Å². The van der Waals surface area contributed by atoms with Gasteiger partial charge >= 0.3 is 5.97 Å². The lowest BCUT2D eigenvalue weighted by atomic mass is 10.1. The second-order valence-electron chi connectivity index (χ2n) is 5.37. The lowest BCUT2D eigenvalue weighted by Gasteiger charge is -2.15. The molecule has 1 amide bonds. The Bertz CT molecular complexity index is 970. The summed E-state index contributed by atoms with van der Waals surface area (Å²) in [4.78, 5) is 34.3. The molecule has 0 aliphatic rings. The number of nitrogens with one attached hydrogen (secondary N) is 1. The van der Waals surface area contributed by atoms with Crippen LogP contribution in [0, 0.1) is 27.3 Å². The molecule has 138 valence electrons. The summed E-state index contributed by atoms with van der Waals surface area (Å²) in [5.74, 6) is -2.33. The number of ether oxygens (including phenoxy) is 1. The van der Waals surface area contributed by atoms with Gasteiger partial charge in [0.05, 0.1) is 21.7 Å². The van der Waals surface area contributed by atoms with E-state index >= 15 is 0 Å². The smallest absolute Gasteiger partial charge is 0.341 e. The number of hydrogen-bond donors (Lipinski definition) is 2. The maximum absolute atomic E-state index is 13.0. The number of nitrogens with two attached hydrogens (primary N) is 1. The summed E-state index contributed by atoms with van der Waals surface area (Å²) in [5, 5.41) is 22.2. The van der Waals surface area contributed by atoms with Gasteiger partial charge in [-0.2, -0.15) is 5.26 Å². The fourth-order valence-corrected chi connectivity index (χ4v) is 2.08. The second kappa shape index (κ2) is 7.92. The minimum Gasteiger partial charge on any atom is -0.449 e. The Morgan fingerprint density at radius 2 is 2.04 bits per heavy atom. The van der Waals surface area contributed by atoms with E-state index in [1.807, 2.05) is 0 Å². The lowest BCUT2D eigenvalue weighted by Crippen LogP contribution is -2.30. The molecule has 0 spiro atoms. The highest BCUT2D eigenvalue weighted by atomic mass is 19.1. The van der Waals surface area contributed by atoms with Crippen molar-refractivity contribution in [3.8, 4) is 6.07 Å². The highest BCUT2D eigenvalue weighted by Gasteiger charge is 2.22. The first-order valence-corrected chi connectivity index (χ1v) is 7.48. The van der Waals surface area contributed by atoms with Crippen LogP contribution in [0.1, 0.15) is 22.8 Å². The highest BCUT2D eigenvalue weighted by Crippen LogP contribution is 2.22. The largest absolute Gasteiger partial charge is 0.449 e. The van der Waals surface area contributed by atoms with E-state index in [1.54, 1.807) is 6.07 Å². The number of halogens is 1. The zero-order valence-electron chi connectivity index (χ0n) is 13.9. The Morgan fingerprint density at radius 3 is 2.63 bits per heavy atom. The number of nitrogens with zero attached hydrogens (tertiary/aromatic N) is 2. The molecule has 0 aliphatic carbocycles. The van der Waals surface area contributed by atoms with Crippen molar-refractivity contribution < 1.29 is 23.6 Å². The SMILES string of the molecule is CC(OC(=O)c1ccc(F)cc1N)C(=O)Nc1ccc([N+](=O)[O-])cc1C#N. The minimum absolute atomic E-state index is 0.0253. The average Bonchev–Trinajstić information content (AvgIpc) is 2.61. The molecule has 2 rings (SSSR count). The monoisotopic (exact) mass is 372 g/mol. The molecule has 2 aromatic carbocycles. The number of hydrogen-bond acceptors (Lipinski definition) is 7. The molecule has 9 nitrogen and oxygen atoms in total. The molecule has 1 unspecified atom stereocenters. The number of carbonyl (C=O) groups is 2. The minimum atomic E-state index is -1.27. The van der Waals surface area contributed by atoms with Gasteiger partial charge in [0, 0.05) is 17.8 Å². The molecule has 0 bridgehead atoms. The number of nitro benzene ring substituents is 1. The Labute approximate surface area is 152 Å². The molecule has 0 aliphatic heterocycles. The van der Waals surface area contributed by atoms with Crippen LogP contribution >= 0.6 is 0 Å². The molecule has 0 heterocycles. The van der Waals surface area contributed by atoms with Gasteiger partial charge in [0.15, 0.2) is 6.10 Å². The Kier molecular flexibility index (Phi) is 5.67.